The summed E-state index contributed by atoms with van der Waals surface area (Å²) < 4.78 is 5.51. The molecule has 1 amide bonds. The highest BCUT2D eigenvalue weighted by molar-refractivity contribution is 6.31. The fourth-order valence-electron chi connectivity index (χ4n) is 2.54. The number of piperidine rings is 1. The third-order valence-corrected chi connectivity index (χ3v) is 4.04. The zero-order valence-electron chi connectivity index (χ0n) is 11.8. The van der Waals surface area contributed by atoms with E-state index in [0.717, 1.165) is 12.8 Å². The van der Waals surface area contributed by atoms with Crippen molar-refractivity contribution in [3.8, 4) is 0 Å². The van der Waals surface area contributed by atoms with Crippen LogP contribution in [0, 0.1) is 0 Å². The van der Waals surface area contributed by atoms with Crippen LogP contribution in [-0.4, -0.2) is 36.6 Å². The summed E-state index contributed by atoms with van der Waals surface area (Å²) in [6.07, 6.45) is 1.87. The molecule has 1 heterocycles. The Kier molecular flexibility index (Phi) is 4.52. The molecule has 1 saturated heterocycles. The summed E-state index contributed by atoms with van der Waals surface area (Å²) in [6, 6.07) is 5.04. The van der Waals surface area contributed by atoms with Crippen molar-refractivity contribution in [3.63, 3.8) is 0 Å². The molecule has 20 heavy (non-hydrogen) atoms. The van der Waals surface area contributed by atoms with Crippen molar-refractivity contribution in [2.75, 3.05) is 25.6 Å². The average molecular weight is 298 g/mol. The second-order valence-electron chi connectivity index (χ2n) is 5.32. The lowest BCUT2D eigenvalue weighted by Gasteiger charge is -2.39. The van der Waals surface area contributed by atoms with Gasteiger partial charge in [0, 0.05) is 25.2 Å². The zero-order valence-corrected chi connectivity index (χ0v) is 12.5. The second kappa shape index (κ2) is 5.99. The molecule has 1 unspecified atom stereocenters. The Labute approximate surface area is 124 Å². The minimum atomic E-state index is -0.289. The molecule has 1 atom stereocenters. The molecule has 1 fully saturated rings. The first-order chi connectivity index (χ1) is 9.49. The van der Waals surface area contributed by atoms with E-state index < -0.39 is 0 Å². The van der Waals surface area contributed by atoms with Gasteiger partial charge in [-0.25, -0.2) is 0 Å². The molecule has 1 aromatic carbocycles. The number of nitrogens with zero attached hydrogens (tertiary/aromatic N) is 1. The summed E-state index contributed by atoms with van der Waals surface area (Å²) in [6.45, 7) is 3.31. The van der Waals surface area contributed by atoms with Crippen LogP contribution in [0.1, 0.15) is 30.1 Å². The van der Waals surface area contributed by atoms with E-state index in [1.54, 1.807) is 30.2 Å². The Morgan fingerprint density at radius 1 is 1.55 bits per heavy atom. The lowest BCUT2D eigenvalue weighted by molar-refractivity contribution is -0.0439. The molecule has 0 aromatic heterocycles. The van der Waals surface area contributed by atoms with E-state index in [4.69, 9.17) is 22.2 Å². The van der Waals surface area contributed by atoms with Crippen molar-refractivity contribution >= 4 is 23.2 Å². The Hall–Kier alpha value is -1.30. The lowest BCUT2D eigenvalue weighted by atomic mass is 9.94. The van der Waals surface area contributed by atoms with Gasteiger partial charge in [-0.3, -0.25) is 10.6 Å². The van der Waals surface area contributed by atoms with Gasteiger partial charge in [0.1, 0.15) is 0 Å². The van der Waals surface area contributed by atoms with Gasteiger partial charge in [0.05, 0.1) is 16.9 Å². The van der Waals surface area contributed by atoms with E-state index in [1.807, 2.05) is 6.92 Å². The number of rotatable bonds is 3. The molecule has 0 radical (unpaired) electrons. The quantitative estimate of drug-likeness (QED) is 0.663. The maximum Gasteiger partial charge on any atom is 0.256 e. The molecular formula is C14H20ClN3O2. The van der Waals surface area contributed by atoms with Gasteiger partial charge in [0.2, 0.25) is 0 Å². The van der Waals surface area contributed by atoms with Gasteiger partial charge in [0.25, 0.3) is 5.91 Å². The Morgan fingerprint density at radius 2 is 2.30 bits per heavy atom. The molecule has 1 aromatic rings. The fraction of sp³-hybridized carbons (Fsp3) is 0.500. The summed E-state index contributed by atoms with van der Waals surface area (Å²) in [5.41, 5.74) is 3.31. The molecule has 3 N–H and O–H groups in total. The number of amides is 1. The first-order valence-corrected chi connectivity index (χ1v) is 6.97. The number of hydrogen-bond donors (Lipinski definition) is 2. The maximum absolute atomic E-state index is 12.7. The average Bonchev–Trinajstić information content (AvgIpc) is 2.46. The highest BCUT2D eigenvalue weighted by Gasteiger charge is 2.33. The number of nitrogen functional groups attached to an aromatic ring is 1. The highest BCUT2D eigenvalue weighted by Crippen LogP contribution is 2.27. The van der Waals surface area contributed by atoms with Gasteiger partial charge in [-0.2, -0.15) is 0 Å². The van der Waals surface area contributed by atoms with Crippen LogP contribution in [0.2, 0.25) is 5.02 Å². The van der Waals surface area contributed by atoms with Gasteiger partial charge in [-0.15, -0.1) is 0 Å². The molecule has 5 nitrogen and oxygen atoms in total. The van der Waals surface area contributed by atoms with E-state index >= 15 is 0 Å². The van der Waals surface area contributed by atoms with E-state index in [9.17, 15) is 4.79 Å². The number of benzene rings is 1. The summed E-state index contributed by atoms with van der Waals surface area (Å²) in [7, 11) is 1.68. The first-order valence-electron chi connectivity index (χ1n) is 6.60. The van der Waals surface area contributed by atoms with Crippen molar-refractivity contribution in [1.82, 2.24) is 4.90 Å². The number of carbonyl (C=O) groups is 1. The molecule has 6 heteroatoms. The summed E-state index contributed by atoms with van der Waals surface area (Å²) in [5, 5.41) is 0.513. The van der Waals surface area contributed by atoms with Crippen LogP contribution in [0.25, 0.3) is 0 Å². The second-order valence-corrected chi connectivity index (χ2v) is 5.75. The number of hydrogen-bond acceptors (Lipinski definition) is 4. The smallest absolute Gasteiger partial charge is 0.256 e. The van der Waals surface area contributed by atoms with Crippen molar-refractivity contribution in [3.05, 3.63) is 28.8 Å². The fourth-order valence-corrected chi connectivity index (χ4v) is 2.71. The van der Waals surface area contributed by atoms with E-state index in [-0.39, 0.29) is 11.5 Å². The Morgan fingerprint density at radius 3 is 2.95 bits per heavy atom. The molecule has 0 bridgehead atoms. The van der Waals surface area contributed by atoms with Gasteiger partial charge in [-0.05, 0) is 38.0 Å². The van der Waals surface area contributed by atoms with Gasteiger partial charge < -0.3 is 15.1 Å². The number of ether oxygens (including phenoxy) is 1. The number of likely N-dealkylation sites (tertiary alicyclic amines) is 1. The third kappa shape index (κ3) is 3.06. The van der Waals surface area contributed by atoms with Crippen LogP contribution in [0.15, 0.2) is 18.2 Å². The lowest BCUT2D eigenvalue weighted by Crippen LogP contribution is -2.49. The number of anilines is 1. The van der Waals surface area contributed by atoms with Crippen LogP contribution < -0.4 is 11.3 Å². The number of carbonyl (C=O) groups excluding carboxylic acids is 1. The SMILES string of the molecule is COC1(C)CCCN(C(=O)c2cc(Cl)ccc2NN)C1. The van der Waals surface area contributed by atoms with Crippen LogP contribution in [0.5, 0.6) is 0 Å². The van der Waals surface area contributed by atoms with Gasteiger partial charge in [-0.1, -0.05) is 11.6 Å². The Bertz CT molecular complexity index is 509. The van der Waals surface area contributed by atoms with Crippen LogP contribution in [-0.2, 0) is 4.74 Å². The van der Waals surface area contributed by atoms with Crippen LogP contribution in [0.4, 0.5) is 5.69 Å². The van der Waals surface area contributed by atoms with Crippen molar-refractivity contribution in [1.29, 1.82) is 0 Å². The Balaban J connectivity index is 2.25. The minimum absolute atomic E-state index is 0.0802. The topological polar surface area (TPSA) is 67.6 Å². The molecule has 0 saturated carbocycles. The van der Waals surface area contributed by atoms with Crippen molar-refractivity contribution in [2.24, 2.45) is 5.84 Å². The number of hydrazine groups is 1. The molecule has 1 aliphatic rings. The largest absolute Gasteiger partial charge is 0.377 e. The van der Waals surface area contributed by atoms with Crippen LogP contribution in [0.3, 0.4) is 0 Å². The third-order valence-electron chi connectivity index (χ3n) is 3.81. The molecule has 1 aliphatic heterocycles. The highest BCUT2D eigenvalue weighted by atomic mass is 35.5. The van der Waals surface area contributed by atoms with Crippen LogP contribution >= 0.6 is 11.6 Å². The van der Waals surface area contributed by atoms with E-state index in [0.29, 0.717) is 29.4 Å². The standard InChI is InChI=1S/C14H20ClN3O2/c1-14(20-2)6-3-7-18(9-14)13(19)11-8-10(15)4-5-12(11)17-16/h4-5,8,17H,3,6-7,9,16H2,1-2H3. The van der Waals surface area contributed by atoms with Crippen molar-refractivity contribution in [2.45, 2.75) is 25.4 Å². The number of methoxy groups -OCH3 is 1. The molecule has 0 spiro atoms. The summed E-state index contributed by atoms with van der Waals surface area (Å²) in [5.74, 6) is 5.38. The number of halogens is 1. The zero-order chi connectivity index (χ0) is 14.8. The predicted octanol–water partition coefficient (Wildman–Crippen LogP) is 2.27. The number of nitrogens with one attached hydrogen (secondary N) is 1. The van der Waals surface area contributed by atoms with Crippen molar-refractivity contribution < 1.29 is 9.53 Å². The first kappa shape index (κ1) is 15.1. The number of nitrogens with two attached hydrogens (primary N) is 1. The molecule has 0 aliphatic carbocycles. The van der Waals surface area contributed by atoms with Gasteiger partial charge in [0.15, 0.2) is 0 Å². The maximum atomic E-state index is 12.7. The molecular weight excluding hydrogens is 278 g/mol. The molecule has 2 rings (SSSR count). The van der Waals surface area contributed by atoms with E-state index in [2.05, 4.69) is 5.43 Å². The van der Waals surface area contributed by atoms with E-state index in [1.165, 1.54) is 0 Å². The summed E-state index contributed by atoms with van der Waals surface area (Å²) >= 11 is 5.98. The predicted molar refractivity (Wildman–Crippen MR) is 79.8 cm³/mol. The summed E-state index contributed by atoms with van der Waals surface area (Å²) in [4.78, 5) is 14.4. The van der Waals surface area contributed by atoms with Gasteiger partial charge >= 0.3 is 0 Å². The molecule has 110 valence electrons. The minimum Gasteiger partial charge on any atom is -0.377 e. The normalized spacial score (nSPS) is 22.7. The monoisotopic (exact) mass is 297 g/mol.